The smallest absolute Gasteiger partial charge is 0.348 e. The average molecular weight is 247 g/mol. The lowest BCUT2D eigenvalue weighted by atomic mass is 10.1. The Labute approximate surface area is 100 Å². The molecule has 0 saturated heterocycles. The van der Waals surface area contributed by atoms with Crippen molar-refractivity contribution in [1.82, 2.24) is 0 Å². The van der Waals surface area contributed by atoms with Gasteiger partial charge in [-0.1, -0.05) is 6.92 Å². The van der Waals surface area contributed by atoms with E-state index in [-0.39, 0.29) is 0 Å². The van der Waals surface area contributed by atoms with E-state index < -0.39 is 22.5 Å². The third kappa shape index (κ3) is 3.96. The van der Waals surface area contributed by atoms with Crippen LogP contribution in [0.5, 0.6) is 0 Å². The first-order valence-electron chi connectivity index (χ1n) is 4.90. The third-order valence-corrected chi connectivity index (χ3v) is 2.40. The molecule has 0 radical (unpaired) electrons. The second-order valence-corrected chi connectivity index (χ2v) is 5.02. The van der Waals surface area contributed by atoms with Crippen molar-refractivity contribution in [2.24, 2.45) is 4.99 Å². The van der Waals surface area contributed by atoms with Crippen molar-refractivity contribution in [2.45, 2.75) is 50.7 Å². The van der Waals surface area contributed by atoms with Gasteiger partial charge < -0.3 is 9.84 Å². The second-order valence-electron chi connectivity index (χ2n) is 4.36. The van der Waals surface area contributed by atoms with E-state index >= 15 is 0 Å². The maximum atomic E-state index is 11.2. The molecule has 0 aromatic carbocycles. The van der Waals surface area contributed by atoms with E-state index in [1.807, 2.05) is 0 Å². The lowest BCUT2D eigenvalue weighted by Crippen LogP contribution is -2.50. The van der Waals surface area contributed by atoms with Crippen LogP contribution in [-0.4, -0.2) is 33.7 Å². The highest BCUT2D eigenvalue weighted by Crippen LogP contribution is 2.31. The predicted molar refractivity (Wildman–Crippen MR) is 62.4 cm³/mol. The summed E-state index contributed by atoms with van der Waals surface area (Å²) in [4.78, 5) is 23.0. The van der Waals surface area contributed by atoms with E-state index in [2.05, 4.69) is 17.6 Å². The van der Waals surface area contributed by atoms with E-state index in [1.54, 1.807) is 27.7 Å². The van der Waals surface area contributed by atoms with Gasteiger partial charge in [0.2, 0.25) is 11.0 Å². The van der Waals surface area contributed by atoms with Gasteiger partial charge in [0.1, 0.15) is 6.04 Å². The molecular formula is C10H17NO4S. The highest BCUT2D eigenvalue weighted by molar-refractivity contribution is 7.82. The number of rotatable bonds is 5. The monoisotopic (exact) mass is 247 g/mol. The second kappa shape index (κ2) is 5.48. The van der Waals surface area contributed by atoms with Crippen LogP contribution in [0.4, 0.5) is 0 Å². The zero-order valence-electron chi connectivity index (χ0n) is 9.85. The molecule has 2 atom stereocenters. The van der Waals surface area contributed by atoms with Gasteiger partial charge in [0.15, 0.2) is 0 Å². The molecule has 0 saturated carbocycles. The van der Waals surface area contributed by atoms with Gasteiger partial charge in [-0.3, -0.25) is 0 Å². The number of carbonyl (C=O) groups is 1. The number of carboxylic acid groups (broad SMARTS) is 1. The highest BCUT2D eigenvalue weighted by Gasteiger charge is 2.46. The van der Waals surface area contributed by atoms with Gasteiger partial charge in [-0.05, 0) is 27.2 Å². The van der Waals surface area contributed by atoms with E-state index in [0.717, 1.165) is 0 Å². The number of ether oxygens (including phenoxy) is 1. The molecule has 0 heterocycles. The van der Waals surface area contributed by atoms with Crippen LogP contribution in [0.1, 0.15) is 34.1 Å². The molecule has 0 bridgehead atoms. The Kier molecular flexibility index (Phi) is 5.19. The van der Waals surface area contributed by atoms with Crippen molar-refractivity contribution in [2.75, 3.05) is 0 Å². The summed E-state index contributed by atoms with van der Waals surface area (Å²) in [5.74, 6) is -1.27. The number of aliphatic imine (C=N–C) groups is 1. The fourth-order valence-electron chi connectivity index (χ4n) is 1.24. The van der Waals surface area contributed by atoms with Gasteiger partial charge in [-0.2, -0.15) is 4.99 Å². The summed E-state index contributed by atoms with van der Waals surface area (Å²) in [6.07, 6.45) is 1.67. The molecule has 16 heavy (non-hydrogen) atoms. The molecule has 1 N–H and O–H groups in total. The van der Waals surface area contributed by atoms with Crippen LogP contribution < -0.4 is 0 Å². The predicted octanol–water partition coefficient (Wildman–Crippen LogP) is 1.63. The van der Waals surface area contributed by atoms with Crippen molar-refractivity contribution in [3.05, 3.63) is 0 Å². The first-order chi connectivity index (χ1) is 7.17. The largest absolute Gasteiger partial charge is 0.478 e. The zero-order chi connectivity index (χ0) is 13.0. The summed E-state index contributed by atoms with van der Waals surface area (Å²) in [7, 11) is 0. The van der Waals surface area contributed by atoms with Crippen LogP contribution in [0, 0.1) is 0 Å². The van der Waals surface area contributed by atoms with Gasteiger partial charge in [-0.15, -0.1) is 12.6 Å². The van der Waals surface area contributed by atoms with Crippen molar-refractivity contribution in [3.8, 4) is 0 Å². The minimum absolute atomic E-state index is 0.321. The van der Waals surface area contributed by atoms with E-state index in [4.69, 9.17) is 9.84 Å². The minimum Gasteiger partial charge on any atom is -0.478 e. The quantitative estimate of drug-likeness (QED) is 0.335. The van der Waals surface area contributed by atoms with Crippen LogP contribution in [0.25, 0.3) is 0 Å². The molecule has 6 heteroatoms. The van der Waals surface area contributed by atoms with Gasteiger partial charge in [0.05, 0.1) is 5.60 Å². The lowest BCUT2D eigenvalue weighted by molar-refractivity contribution is -0.168. The number of carboxylic acids is 1. The Morgan fingerprint density at radius 2 is 2.06 bits per heavy atom. The van der Waals surface area contributed by atoms with Crippen LogP contribution in [-0.2, 0) is 14.3 Å². The Bertz CT molecular complexity index is 306. The van der Waals surface area contributed by atoms with Crippen molar-refractivity contribution in [3.63, 3.8) is 0 Å². The number of isocyanates is 1. The fourth-order valence-corrected chi connectivity index (χ4v) is 1.75. The Morgan fingerprint density at radius 1 is 1.56 bits per heavy atom. The van der Waals surface area contributed by atoms with Gasteiger partial charge in [0.25, 0.3) is 0 Å². The molecule has 0 aromatic rings. The van der Waals surface area contributed by atoms with Gasteiger partial charge in [0, 0.05) is 0 Å². The number of carbonyl (C=O) groups excluding carboxylic acids is 1. The lowest BCUT2D eigenvalue weighted by Gasteiger charge is -2.35. The molecule has 0 fully saturated rings. The third-order valence-electron chi connectivity index (χ3n) is 1.82. The number of aliphatic carboxylic acids is 1. The van der Waals surface area contributed by atoms with Crippen LogP contribution in [0.3, 0.4) is 0 Å². The maximum Gasteiger partial charge on any atom is 0.348 e. The summed E-state index contributed by atoms with van der Waals surface area (Å²) in [6.45, 7) is 6.82. The van der Waals surface area contributed by atoms with Crippen LogP contribution >= 0.6 is 12.6 Å². The van der Waals surface area contributed by atoms with Crippen LogP contribution in [0.15, 0.2) is 4.99 Å². The van der Waals surface area contributed by atoms with Gasteiger partial charge >= 0.3 is 5.97 Å². The van der Waals surface area contributed by atoms with E-state index in [0.29, 0.717) is 6.42 Å². The van der Waals surface area contributed by atoms with Crippen LogP contribution in [0.2, 0.25) is 0 Å². The topological polar surface area (TPSA) is 76.0 Å². The molecule has 0 aromatic heterocycles. The molecule has 92 valence electrons. The zero-order valence-corrected chi connectivity index (χ0v) is 10.7. The Morgan fingerprint density at radius 3 is 2.31 bits per heavy atom. The highest BCUT2D eigenvalue weighted by atomic mass is 32.1. The van der Waals surface area contributed by atoms with Crippen molar-refractivity contribution < 1.29 is 19.4 Å². The van der Waals surface area contributed by atoms with Crippen molar-refractivity contribution >= 4 is 24.7 Å². The molecule has 0 aliphatic rings. The summed E-state index contributed by atoms with van der Waals surface area (Å²) in [5.41, 5.74) is -0.702. The molecular weight excluding hydrogens is 230 g/mol. The first-order valence-corrected chi connectivity index (χ1v) is 5.35. The maximum absolute atomic E-state index is 11.2. The Balaban J connectivity index is 5.23. The number of hydrogen-bond donors (Lipinski definition) is 2. The summed E-state index contributed by atoms with van der Waals surface area (Å²) < 4.78 is 5.38. The summed E-state index contributed by atoms with van der Waals surface area (Å²) in [5, 5.41) is 9.13. The minimum atomic E-state index is -1.82. The first kappa shape index (κ1) is 15.2. The number of thiol groups is 1. The SMILES string of the molecule is CCC(N=C=O)C(S)(OC(C)(C)C)C(=O)O. The van der Waals surface area contributed by atoms with Crippen molar-refractivity contribution in [1.29, 1.82) is 0 Å². The summed E-state index contributed by atoms with van der Waals surface area (Å²) >= 11 is 4.02. The van der Waals surface area contributed by atoms with Gasteiger partial charge in [-0.25, -0.2) is 9.59 Å². The molecule has 0 aliphatic heterocycles. The standard InChI is InChI=1S/C10H17NO4S/c1-5-7(11-6-12)10(16,8(13)14)15-9(2,3)4/h7,16H,5H2,1-4H3,(H,13,14). The summed E-state index contributed by atoms with van der Waals surface area (Å²) in [6, 6.07) is -0.870. The molecule has 0 spiro atoms. The molecule has 0 aliphatic carbocycles. The Hall–Kier alpha value is -0.840. The van der Waals surface area contributed by atoms with E-state index in [1.165, 1.54) is 6.08 Å². The molecule has 0 amide bonds. The average Bonchev–Trinajstić information content (AvgIpc) is 2.10. The molecule has 0 rings (SSSR count). The fraction of sp³-hybridized carbons (Fsp3) is 0.800. The molecule has 2 unspecified atom stereocenters. The van der Waals surface area contributed by atoms with E-state index in [9.17, 15) is 9.59 Å². The molecule has 5 nitrogen and oxygen atoms in total. The number of hydrogen-bond acceptors (Lipinski definition) is 5. The number of nitrogens with zero attached hydrogens (tertiary/aromatic N) is 1. The normalized spacial score (nSPS) is 17.1.